The molecule has 3 nitrogen and oxygen atoms in total. The number of amides is 1. The van der Waals surface area contributed by atoms with E-state index in [-0.39, 0.29) is 0 Å². The Morgan fingerprint density at radius 3 is 2.67 bits per heavy atom. The van der Waals surface area contributed by atoms with Crippen molar-refractivity contribution >= 4 is 27.5 Å². The molecule has 2 N–H and O–H groups in total. The average Bonchev–Trinajstić information content (AvgIpc) is 2.59. The number of rotatable bonds is 1. The zero-order chi connectivity index (χ0) is 11.4. The highest BCUT2D eigenvalue weighted by atomic mass is 32.1. The summed E-state index contributed by atoms with van der Waals surface area (Å²) in [5, 5.41) is 0.997. The Morgan fingerprint density at radius 1 is 1.40 bits per heavy atom. The fourth-order valence-corrected chi connectivity index (χ4v) is 2.06. The van der Waals surface area contributed by atoms with Crippen molar-refractivity contribution in [3.05, 3.63) is 28.8 Å². The minimum Gasteiger partial charge on any atom is -0.366 e. The van der Waals surface area contributed by atoms with Gasteiger partial charge in [0.15, 0.2) is 0 Å². The summed E-state index contributed by atoms with van der Waals surface area (Å²) < 4.78 is 1.01. The molecule has 4 heteroatoms. The molecular formula is C11H14N2OS. The minimum absolute atomic E-state index is 0.395. The van der Waals surface area contributed by atoms with Crippen molar-refractivity contribution in [2.24, 2.45) is 5.73 Å². The molecule has 1 aromatic carbocycles. The highest BCUT2D eigenvalue weighted by Gasteiger charge is 2.04. The van der Waals surface area contributed by atoms with Gasteiger partial charge in [-0.25, -0.2) is 4.98 Å². The Labute approximate surface area is 92.9 Å². The number of nitrogens with two attached hydrogens (primary N) is 1. The van der Waals surface area contributed by atoms with E-state index >= 15 is 0 Å². The number of aryl methyl sites for hydroxylation is 1. The van der Waals surface area contributed by atoms with Gasteiger partial charge in [0.25, 0.3) is 0 Å². The van der Waals surface area contributed by atoms with Gasteiger partial charge in [0.1, 0.15) is 0 Å². The molecule has 0 spiro atoms. The third-order valence-corrected chi connectivity index (χ3v) is 2.71. The van der Waals surface area contributed by atoms with Gasteiger partial charge in [-0.2, -0.15) is 0 Å². The molecule has 1 heterocycles. The largest absolute Gasteiger partial charge is 0.366 e. The zero-order valence-electron chi connectivity index (χ0n) is 9.07. The number of hydrogen-bond donors (Lipinski definition) is 1. The lowest BCUT2D eigenvalue weighted by molar-refractivity contribution is 0.100. The van der Waals surface area contributed by atoms with Crippen LogP contribution < -0.4 is 5.73 Å². The standard InChI is InChI=1S/C9H8N2OS.C2H6/c1-5-11-7-3-2-6(9(10)12)4-8(7)13-5;1-2/h2-4H,1H3,(H2,10,12);1-2H3. The van der Waals surface area contributed by atoms with Crippen molar-refractivity contribution in [2.45, 2.75) is 20.8 Å². The number of carbonyl (C=O) groups excluding carboxylic acids is 1. The first-order valence-corrected chi connectivity index (χ1v) is 5.65. The van der Waals surface area contributed by atoms with Crippen molar-refractivity contribution in [1.29, 1.82) is 0 Å². The second kappa shape index (κ2) is 4.89. The number of hydrogen-bond acceptors (Lipinski definition) is 3. The fraction of sp³-hybridized carbons (Fsp3) is 0.273. The number of nitrogens with zero attached hydrogens (tertiary/aromatic N) is 1. The molecule has 0 bridgehead atoms. The number of benzene rings is 1. The summed E-state index contributed by atoms with van der Waals surface area (Å²) in [4.78, 5) is 15.1. The van der Waals surface area contributed by atoms with Crippen molar-refractivity contribution in [3.63, 3.8) is 0 Å². The van der Waals surface area contributed by atoms with Crippen LogP contribution in [0.25, 0.3) is 10.2 Å². The average molecular weight is 222 g/mol. The molecule has 1 amide bonds. The van der Waals surface area contributed by atoms with E-state index in [1.54, 1.807) is 23.5 Å². The van der Waals surface area contributed by atoms with Crippen LogP contribution in [0.15, 0.2) is 18.2 Å². The van der Waals surface area contributed by atoms with Gasteiger partial charge in [-0.3, -0.25) is 4.79 Å². The van der Waals surface area contributed by atoms with Gasteiger partial charge < -0.3 is 5.73 Å². The number of fused-ring (bicyclic) bond motifs is 1. The molecule has 0 radical (unpaired) electrons. The van der Waals surface area contributed by atoms with E-state index in [1.807, 2.05) is 26.8 Å². The topological polar surface area (TPSA) is 56.0 Å². The third-order valence-electron chi connectivity index (χ3n) is 1.78. The van der Waals surface area contributed by atoms with Crippen LogP contribution in [0.4, 0.5) is 0 Å². The molecule has 80 valence electrons. The van der Waals surface area contributed by atoms with Crippen molar-refractivity contribution in [2.75, 3.05) is 0 Å². The maximum Gasteiger partial charge on any atom is 0.248 e. The van der Waals surface area contributed by atoms with Gasteiger partial charge in [-0.1, -0.05) is 13.8 Å². The van der Waals surface area contributed by atoms with Gasteiger partial charge in [0, 0.05) is 5.56 Å². The molecule has 0 saturated carbocycles. The van der Waals surface area contributed by atoms with Crippen LogP contribution >= 0.6 is 11.3 Å². The number of primary amides is 1. The summed E-state index contributed by atoms with van der Waals surface area (Å²) in [5.74, 6) is -0.395. The van der Waals surface area contributed by atoms with Crippen LogP contribution in [0.5, 0.6) is 0 Å². The Kier molecular flexibility index (Phi) is 3.80. The lowest BCUT2D eigenvalue weighted by atomic mass is 10.2. The Hall–Kier alpha value is -1.42. The van der Waals surface area contributed by atoms with E-state index in [0.29, 0.717) is 5.56 Å². The summed E-state index contributed by atoms with van der Waals surface area (Å²) in [6.07, 6.45) is 0. The van der Waals surface area contributed by atoms with Crippen LogP contribution in [0.2, 0.25) is 0 Å². The summed E-state index contributed by atoms with van der Waals surface area (Å²) in [6, 6.07) is 5.30. The van der Waals surface area contributed by atoms with E-state index in [2.05, 4.69) is 4.98 Å². The van der Waals surface area contributed by atoms with Gasteiger partial charge in [-0.15, -0.1) is 11.3 Å². The molecule has 0 atom stereocenters. The molecule has 1 aromatic heterocycles. The zero-order valence-corrected chi connectivity index (χ0v) is 9.89. The van der Waals surface area contributed by atoms with Crippen molar-refractivity contribution < 1.29 is 4.79 Å². The lowest BCUT2D eigenvalue weighted by Gasteiger charge is -1.92. The van der Waals surface area contributed by atoms with E-state index < -0.39 is 5.91 Å². The maximum atomic E-state index is 10.9. The fourth-order valence-electron chi connectivity index (χ4n) is 1.19. The first kappa shape index (κ1) is 11.7. The van der Waals surface area contributed by atoms with Crippen LogP contribution in [0.1, 0.15) is 29.2 Å². The van der Waals surface area contributed by atoms with E-state index in [0.717, 1.165) is 15.2 Å². The summed E-state index contributed by atoms with van der Waals surface area (Å²) >= 11 is 1.56. The van der Waals surface area contributed by atoms with E-state index in [1.165, 1.54) is 0 Å². The Balaban J connectivity index is 0.000000531. The smallest absolute Gasteiger partial charge is 0.248 e. The van der Waals surface area contributed by atoms with Gasteiger partial charge in [-0.05, 0) is 25.1 Å². The quantitative estimate of drug-likeness (QED) is 0.806. The molecule has 2 aromatic rings. The first-order chi connectivity index (χ1) is 7.16. The lowest BCUT2D eigenvalue weighted by Crippen LogP contribution is -2.10. The van der Waals surface area contributed by atoms with E-state index in [9.17, 15) is 4.79 Å². The second-order valence-electron chi connectivity index (χ2n) is 2.78. The van der Waals surface area contributed by atoms with Crippen LogP contribution in [0.3, 0.4) is 0 Å². The SMILES string of the molecule is CC.Cc1nc2ccc(C(N)=O)cc2s1. The molecular weight excluding hydrogens is 208 g/mol. The number of thiazole rings is 1. The monoisotopic (exact) mass is 222 g/mol. The predicted octanol–water partition coefficient (Wildman–Crippen LogP) is 2.73. The minimum atomic E-state index is -0.395. The molecule has 0 fully saturated rings. The summed E-state index contributed by atoms with van der Waals surface area (Å²) in [7, 11) is 0. The van der Waals surface area contributed by atoms with Crippen molar-refractivity contribution in [1.82, 2.24) is 4.98 Å². The van der Waals surface area contributed by atoms with Crippen LogP contribution in [0, 0.1) is 6.92 Å². The Morgan fingerprint density at radius 2 is 2.07 bits per heavy atom. The number of carbonyl (C=O) groups is 1. The maximum absolute atomic E-state index is 10.9. The second-order valence-corrected chi connectivity index (χ2v) is 4.01. The van der Waals surface area contributed by atoms with Gasteiger partial charge in [0.05, 0.1) is 15.2 Å². The molecule has 0 aliphatic heterocycles. The summed E-state index contributed by atoms with van der Waals surface area (Å²) in [5.41, 5.74) is 6.62. The van der Waals surface area contributed by atoms with E-state index in [4.69, 9.17) is 5.73 Å². The van der Waals surface area contributed by atoms with Gasteiger partial charge in [0.2, 0.25) is 5.91 Å². The van der Waals surface area contributed by atoms with Gasteiger partial charge >= 0.3 is 0 Å². The summed E-state index contributed by atoms with van der Waals surface area (Å²) in [6.45, 7) is 5.94. The molecule has 0 unspecified atom stereocenters. The first-order valence-electron chi connectivity index (χ1n) is 4.84. The van der Waals surface area contributed by atoms with Crippen molar-refractivity contribution in [3.8, 4) is 0 Å². The predicted molar refractivity (Wildman–Crippen MR) is 64.2 cm³/mol. The molecule has 15 heavy (non-hydrogen) atoms. The molecule has 0 aliphatic carbocycles. The Bertz CT molecular complexity index is 476. The third kappa shape index (κ3) is 2.53. The molecule has 0 aliphatic rings. The number of aromatic nitrogens is 1. The highest BCUT2D eigenvalue weighted by Crippen LogP contribution is 2.22. The normalized spacial score (nSPS) is 9.53. The highest BCUT2D eigenvalue weighted by molar-refractivity contribution is 7.18. The van der Waals surface area contributed by atoms with Crippen LogP contribution in [-0.4, -0.2) is 10.9 Å². The molecule has 2 rings (SSSR count). The molecule has 0 saturated heterocycles. The van der Waals surface area contributed by atoms with Crippen LogP contribution in [-0.2, 0) is 0 Å².